The first-order valence-corrected chi connectivity index (χ1v) is 8.89. The number of nitriles is 1. The van der Waals surface area contributed by atoms with E-state index in [9.17, 15) is 9.59 Å². The van der Waals surface area contributed by atoms with E-state index < -0.39 is 11.8 Å². The summed E-state index contributed by atoms with van der Waals surface area (Å²) in [5.74, 6) is -1.02. The van der Waals surface area contributed by atoms with Crippen molar-refractivity contribution in [2.75, 3.05) is 7.05 Å². The third kappa shape index (κ3) is 4.24. The summed E-state index contributed by atoms with van der Waals surface area (Å²) in [6, 6.07) is 1.64. The zero-order chi connectivity index (χ0) is 17.0. The smallest absolute Gasteiger partial charge is 0.259 e. The minimum atomic E-state index is -0.585. The Balaban J connectivity index is 2.34. The van der Waals surface area contributed by atoms with Gasteiger partial charge in [0.15, 0.2) is 6.19 Å². The second-order valence-corrected chi connectivity index (χ2v) is 7.67. The number of likely N-dealkylation sites (N-methyl/N-ethyl adjacent to an activating group) is 1. The van der Waals surface area contributed by atoms with Crippen LogP contribution in [0.25, 0.3) is 0 Å². The fourth-order valence-electron chi connectivity index (χ4n) is 3.23. The molecule has 1 saturated carbocycles. The molecule has 1 heterocycles. The number of rotatable bonds is 5. The second-order valence-electron chi connectivity index (χ2n) is 5.99. The lowest BCUT2D eigenvalue weighted by atomic mass is 9.80. The second kappa shape index (κ2) is 7.80. The number of primary amides is 1. The molecule has 0 bridgehead atoms. The third-order valence-electron chi connectivity index (χ3n) is 4.40. The molecule has 2 amide bonds. The SMILES string of the molecule is CN(C#N)C(=O)[C@@H](CC1CCCCC1)c1cc(Cl)sc1C(N)=O. The average Bonchev–Trinajstić information content (AvgIpc) is 2.94. The molecule has 1 aliphatic rings. The summed E-state index contributed by atoms with van der Waals surface area (Å²) in [5, 5.41) is 9.03. The standard InChI is InChI=1S/C16H20ClN3O2S/c1-20(9-18)16(22)12(7-10-5-3-2-4-6-10)11-8-13(17)23-14(11)15(19)21/h8,10,12H,2-7H2,1H3,(H2,19,21)/t12-/m0/s1. The quantitative estimate of drug-likeness (QED) is 0.649. The van der Waals surface area contributed by atoms with Crippen molar-refractivity contribution in [1.82, 2.24) is 4.90 Å². The van der Waals surface area contributed by atoms with Crippen LogP contribution in [-0.4, -0.2) is 23.8 Å². The molecule has 0 aromatic carbocycles. The molecule has 1 atom stereocenters. The molecule has 7 heteroatoms. The van der Waals surface area contributed by atoms with E-state index in [2.05, 4.69) is 0 Å². The fourth-order valence-corrected chi connectivity index (χ4v) is 4.37. The van der Waals surface area contributed by atoms with E-state index in [1.807, 2.05) is 6.19 Å². The molecule has 0 saturated heterocycles. The van der Waals surface area contributed by atoms with Gasteiger partial charge in [0.1, 0.15) is 0 Å². The van der Waals surface area contributed by atoms with E-state index in [4.69, 9.17) is 22.6 Å². The van der Waals surface area contributed by atoms with Gasteiger partial charge in [-0.05, 0) is 24.0 Å². The van der Waals surface area contributed by atoms with E-state index in [1.54, 1.807) is 6.07 Å². The zero-order valence-corrected chi connectivity index (χ0v) is 14.6. The molecule has 0 unspecified atom stereocenters. The van der Waals surface area contributed by atoms with Crippen molar-refractivity contribution in [3.05, 3.63) is 20.8 Å². The van der Waals surface area contributed by atoms with Crippen molar-refractivity contribution >= 4 is 34.8 Å². The van der Waals surface area contributed by atoms with Crippen LogP contribution in [0.5, 0.6) is 0 Å². The molecule has 5 nitrogen and oxygen atoms in total. The normalized spacial score (nSPS) is 16.6. The van der Waals surface area contributed by atoms with Crippen molar-refractivity contribution in [3.8, 4) is 6.19 Å². The van der Waals surface area contributed by atoms with Gasteiger partial charge < -0.3 is 5.73 Å². The number of thiophene rings is 1. The van der Waals surface area contributed by atoms with Gasteiger partial charge in [0, 0.05) is 7.05 Å². The Bertz CT molecular complexity index is 632. The van der Waals surface area contributed by atoms with E-state index >= 15 is 0 Å². The number of nitrogens with zero attached hydrogens (tertiary/aromatic N) is 2. The van der Waals surface area contributed by atoms with E-state index in [0.29, 0.717) is 27.1 Å². The molecule has 1 aliphatic carbocycles. The van der Waals surface area contributed by atoms with Crippen LogP contribution in [0.15, 0.2) is 6.07 Å². The van der Waals surface area contributed by atoms with E-state index in [0.717, 1.165) is 41.9 Å². The monoisotopic (exact) mass is 353 g/mol. The van der Waals surface area contributed by atoms with Crippen LogP contribution < -0.4 is 5.73 Å². The van der Waals surface area contributed by atoms with Crippen LogP contribution in [0, 0.1) is 17.4 Å². The number of carbonyl (C=O) groups is 2. The maximum Gasteiger partial charge on any atom is 0.259 e. The molecule has 0 radical (unpaired) electrons. The Morgan fingerprint density at radius 3 is 2.70 bits per heavy atom. The number of hydrogen-bond acceptors (Lipinski definition) is 4. The average molecular weight is 354 g/mol. The summed E-state index contributed by atoms with van der Waals surface area (Å²) in [4.78, 5) is 25.7. The Hall–Kier alpha value is -1.58. The predicted octanol–water partition coefficient (Wildman–Crippen LogP) is 3.49. The van der Waals surface area contributed by atoms with Crippen LogP contribution in [0.4, 0.5) is 0 Å². The summed E-state index contributed by atoms with van der Waals surface area (Å²) >= 11 is 7.12. The Kier molecular flexibility index (Phi) is 6.03. The van der Waals surface area contributed by atoms with Crippen molar-refractivity contribution < 1.29 is 9.59 Å². The van der Waals surface area contributed by atoms with Gasteiger partial charge in [0.25, 0.3) is 5.91 Å². The minimum Gasteiger partial charge on any atom is -0.365 e. The molecule has 1 aromatic heterocycles. The van der Waals surface area contributed by atoms with Crippen molar-refractivity contribution in [3.63, 3.8) is 0 Å². The summed E-state index contributed by atoms with van der Waals surface area (Å²) < 4.78 is 0.426. The first kappa shape index (κ1) is 17.8. The van der Waals surface area contributed by atoms with E-state index in [1.165, 1.54) is 13.5 Å². The number of hydrogen-bond donors (Lipinski definition) is 1. The van der Waals surface area contributed by atoms with Crippen LogP contribution in [0.3, 0.4) is 0 Å². The van der Waals surface area contributed by atoms with Gasteiger partial charge in [-0.25, -0.2) is 0 Å². The van der Waals surface area contributed by atoms with Gasteiger partial charge in [-0.2, -0.15) is 5.26 Å². The Labute approximate surface area is 145 Å². The zero-order valence-electron chi connectivity index (χ0n) is 13.0. The van der Waals surface area contributed by atoms with Crippen molar-refractivity contribution in [2.24, 2.45) is 11.7 Å². The van der Waals surface area contributed by atoms with Gasteiger partial charge >= 0.3 is 0 Å². The third-order valence-corrected chi connectivity index (χ3v) is 5.70. The summed E-state index contributed by atoms with van der Waals surface area (Å²) in [6.45, 7) is 0. The summed E-state index contributed by atoms with van der Waals surface area (Å²) in [6.07, 6.45) is 8.16. The van der Waals surface area contributed by atoms with Crippen molar-refractivity contribution in [1.29, 1.82) is 5.26 Å². The first-order valence-electron chi connectivity index (χ1n) is 7.70. The maximum absolute atomic E-state index is 12.6. The highest BCUT2D eigenvalue weighted by Gasteiger charge is 2.32. The Morgan fingerprint density at radius 2 is 2.13 bits per heavy atom. The molecular formula is C16H20ClN3O2S. The molecule has 23 heavy (non-hydrogen) atoms. The Morgan fingerprint density at radius 1 is 1.48 bits per heavy atom. The highest BCUT2D eigenvalue weighted by atomic mass is 35.5. The van der Waals surface area contributed by atoms with Crippen LogP contribution in [0.2, 0.25) is 4.34 Å². The largest absolute Gasteiger partial charge is 0.365 e. The molecule has 1 fully saturated rings. The lowest BCUT2D eigenvalue weighted by Crippen LogP contribution is -2.30. The lowest BCUT2D eigenvalue weighted by Gasteiger charge is -2.27. The molecular weight excluding hydrogens is 334 g/mol. The van der Waals surface area contributed by atoms with Crippen molar-refractivity contribution in [2.45, 2.75) is 44.4 Å². The molecule has 2 rings (SSSR count). The minimum absolute atomic E-state index is 0.310. The molecule has 1 aromatic rings. The highest BCUT2D eigenvalue weighted by Crippen LogP contribution is 2.39. The van der Waals surface area contributed by atoms with Gasteiger partial charge in [0.2, 0.25) is 5.91 Å². The van der Waals surface area contributed by atoms with Crippen LogP contribution in [0.1, 0.15) is 59.7 Å². The number of halogens is 1. The predicted molar refractivity (Wildman–Crippen MR) is 90.2 cm³/mol. The lowest BCUT2D eigenvalue weighted by molar-refractivity contribution is -0.129. The molecule has 0 spiro atoms. The number of carbonyl (C=O) groups excluding carboxylic acids is 2. The van der Waals surface area contributed by atoms with Gasteiger partial charge in [-0.3, -0.25) is 14.5 Å². The first-order chi connectivity index (χ1) is 10.9. The number of amides is 2. The maximum atomic E-state index is 12.6. The summed E-state index contributed by atoms with van der Waals surface area (Å²) in [5.41, 5.74) is 5.99. The molecule has 124 valence electrons. The molecule has 0 aliphatic heterocycles. The van der Waals surface area contributed by atoms with Crippen LogP contribution >= 0.6 is 22.9 Å². The fraction of sp³-hybridized carbons (Fsp3) is 0.562. The van der Waals surface area contributed by atoms with E-state index in [-0.39, 0.29) is 5.91 Å². The number of nitrogens with two attached hydrogens (primary N) is 1. The summed E-state index contributed by atoms with van der Waals surface area (Å²) in [7, 11) is 1.44. The molecule has 2 N–H and O–H groups in total. The highest BCUT2D eigenvalue weighted by molar-refractivity contribution is 7.18. The van der Waals surface area contributed by atoms with Gasteiger partial charge in [-0.1, -0.05) is 43.7 Å². The van der Waals surface area contributed by atoms with Crippen LogP contribution in [-0.2, 0) is 4.79 Å². The topological polar surface area (TPSA) is 87.2 Å². The van der Waals surface area contributed by atoms with Gasteiger partial charge in [0.05, 0.1) is 15.1 Å². The van der Waals surface area contributed by atoms with Gasteiger partial charge in [-0.15, -0.1) is 11.3 Å².